The number of furan rings is 1. The standard InChI is InChI=1S/C10H14BrN3O2/c11-9-2-1-8(16-9)10(15)13-7-14-5-3-12-4-6-14/h1-2,12H,3-7H2,(H,13,15). The van der Waals surface area contributed by atoms with Crippen molar-refractivity contribution >= 4 is 21.8 Å². The van der Waals surface area contributed by atoms with Gasteiger partial charge < -0.3 is 15.1 Å². The minimum atomic E-state index is -0.177. The first-order valence-electron chi connectivity index (χ1n) is 5.22. The first-order valence-corrected chi connectivity index (χ1v) is 6.01. The lowest BCUT2D eigenvalue weighted by Gasteiger charge is -2.26. The fourth-order valence-electron chi connectivity index (χ4n) is 1.58. The molecular weight excluding hydrogens is 274 g/mol. The predicted molar refractivity (Wildman–Crippen MR) is 63.2 cm³/mol. The summed E-state index contributed by atoms with van der Waals surface area (Å²) in [6, 6.07) is 3.36. The van der Waals surface area contributed by atoms with Crippen molar-refractivity contribution < 1.29 is 9.21 Å². The number of halogens is 1. The van der Waals surface area contributed by atoms with E-state index in [0.717, 1.165) is 26.2 Å². The Kier molecular flexibility index (Phi) is 3.98. The van der Waals surface area contributed by atoms with Gasteiger partial charge in [-0.2, -0.15) is 0 Å². The van der Waals surface area contributed by atoms with E-state index in [2.05, 4.69) is 31.5 Å². The van der Waals surface area contributed by atoms with Crippen molar-refractivity contribution in [3.05, 3.63) is 22.6 Å². The molecule has 0 spiro atoms. The van der Waals surface area contributed by atoms with E-state index in [0.29, 0.717) is 17.1 Å². The summed E-state index contributed by atoms with van der Waals surface area (Å²) >= 11 is 3.16. The summed E-state index contributed by atoms with van der Waals surface area (Å²) in [6.45, 7) is 4.44. The molecule has 1 aromatic heterocycles. The van der Waals surface area contributed by atoms with Gasteiger partial charge in [0.05, 0.1) is 6.67 Å². The van der Waals surface area contributed by atoms with Crippen LogP contribution in [0.5, 0.6) is 0 Å². The van der Waals surface area contributed by atoms with Crippen molar-refractivity contribution in [2.24, 2.45) is 0 Å². The summed E-state index contributed by atoms with van der Waals surface area (Å²) in [5.74, 6) is 0.159. The van der Waals surface area contributed by atoms with Crippen molar-refractivity contribution in [3.63, 3.8) is 0 Å². The predicted octanol–water partition coefficient (Wildman–Crippen LogP) is 0.635. The van der Waals surface area contributed by atoms with Crippen molar-refractivity contribution in [2.45, 2.75) is 0 Å². The molecule has 1 aliphatic heterocycles. The molecule has 0 radical (unpaired) electrons. The maximum atomic E-state index is 11.6. The highest BCUT2D eigenvalue weighted by Gasteiger charge is 2.13. The van der Waals surface area contributed by atoms with Crippen LogP contribution in [0.3, 0.4) is 0 Å². The summed E-state index contributed by atoms with van der Waals surface area (Å²) < 4.78 is 5.73. The number of nitrogens with one attached hydrogen (secondary N) is 2. The van der Waals surface area contributed by atoms with E-state index in [1.807, 2.05) is 0 Å². The zero-order chi connectivity index (χ0) is 11.4. The molecule has 1 aliphatic rings. The fraction of sp³-hybridized carbons (Fsp3) is 0.500. The lowest BCUT2D eigenvalue weighted by molar-refractivity contribution is 0.0888. The molecule has 2 rings (SSSR count). The molecule has 88 valence electrons. The molecule has 6 heteroatoms. The van der Waals surface area contributed by atoms with Crippen LogP contribution in [0.15, 0.2) is 21.2 Å². The number of carbonyl (C=O) groups is 1. The minimum Gasteiger partial charge on any atom is -0.444 e. The number of hydrogen-bond donors (Lipinski definition) is 2. The number of nitrogens with zero attached hydrogens (tertiary/aromatic N) is 1. The van der Waals surface area contributed by atoms with Crippen molar-refractivity contribution in [1.29, 1.82) is 0 Å². The third kappa shape index (κ3) is 3.07. The van der Waals surface area contributed by atoms with E-state index >= 15 is 0 Å². The maximum absolute atomic E-state index is 11.6. The van der Waals surface area contributed by atoms with Crippen LogP contribution in [0.25, 0.3) is 0 Å². The Balaban J connectivity index is 1.79. The van der Waals surface area contributed by atoms with Gasteiger partial charge in [-0.3, -0.25) is 9.69 Å². The molecule has 0 atom stereocenters. The molecule has 0 aromatic carbocycles. The molecule has 1 aromatic rings. The second-order valence-electron chi connectivity index (χ2n) is 3.64. The van der Waals surface area contributed by atoms with Gasteiger partial charge >= 0.3 is 0 Å². The average molecular weight is 288 g/mol. The van der Waals surface area contributed by atoms with Gasteiger partial charge in [0.25, 0.3) is 5.91 Å². The largest absolute Gasteiger partial charge is 0.444 e. The Hall–Kier alpha value is -0.850. The van der Waals surface area contributed by atoms with Gasteiger partial charge in [0, 0.05) is 26.2 Å². The summed E-state index contributed by atoms with van der Waals surface area (Å²) in [5, 5.41) is 6.08. The van der Waals surface area contributed by atoms with E-state index in [1.165, 1.54) is 0 Å². The Bertz CT molecular complexity index is 361. The number of carbonyl (C=O) groups excluding carboxylic acids is 1. The summed E-state index contributed by atoms with van der Waals surface area (Å²) in [5.41, 5.74) is 0. The van der Waals surface area contributed by atoms with Gasteiger partial charge in [-0.05, 0) is 28.1 Å². The van der Waals surface area contributed by atoms with Gasteiger partial charge in [0.15, 0.2) is 10.4 Å². The minimum absolute atomic E-state index is 0.177. The zero-order valence-electron chi connectivity index (χ0n) is 8.83. The Morgan fingerprint density at radius 2 is 2.25 bits per heavy atom. The summed E-state index contributed by atoms with van der Waals surface area (Å²) in [7, 11) is 0. The number of rotatable bonds is 3. The molecule has 2 N–H and O–H groups in total. The molecule has 1 saturated heterocycles. The van der Waals surface area contributed by atoms with E-state index in [1.54, 1.807) is 12.1 Å². The summed E-state index contributed by atoms with van der Waals surface area (Å²) in [6.07, 6.45) is 0. The van der Waals surface area contributed by atoms with Crippen LogP contribution in [-0.2, 0) is 0 Å². The van der Waals surface area contributed by atoms with Gasteiger partial charge in [-0.25, -0.2) is 0 Å². The molecule has 16 heavy (non-hydrogen) atoms. The normalized spacial score (nSPS) is 17.3. The molecule has 1 fully saturated rings. The third-order valence-corrected chi connectivity index (χ3v) is 2.90. The Morgan fingerprint density at radius 1 is 1.50 bits per heavy atom. The van der Waals surface area contributed by atoms with Gasteiger partial charge in [0.2, 0.25) is 0 Å². The molecule has 0 unspecified atom stereocenters. The van der Waals surface area contributed by atoms with E-state index in [-0.39, 0.29) is 5.91 Å². The first kappa shape index (κ1) is 11.6. The topological polar surface area (TPSA) is 57.5 Å². The van der Waals surface area contributed by atoms with Crippen molar-refractivity contribution in [2.75, 3.05) is 32.8 Å². The number of piperazine rings is 1. The van der Waals surface area contributed by atoms with Crippen LogP contribution >= 0.6 is 15.9 Å². The highest BCUT2D eigenvalue weighted by atomic mass is 79.9. The third-order valence-electron chi connectivity index (χ3n) is 2.47. The molecule has 2 heterocycles. The first-order chi connectivity index (χ1) is 7.75. The van der Waals surface area contributed by atoms with Crippen LogP contribution in [-0.4, -0.2) is 43.7 Å². The lowest BCUT2D eigenvalue weighted by atomic mass is 10.4. The van der Waals surface area contributed by atoms with Gasteiger partial charge in [-0.15, -0.1) is 0 Å². The molecule has 1 amide bonds. The maximum Gasteiger partial charge on any atom is 0.288 e. The van der Waals surface area contributed by atoms with E-state index in [4.69, 9.17) is 4.42 Å². The lowest BCUT2D eigenvalue weighted by Crippen LogP contribution is -2.48. The summed E-state index contributed by atoms with van der Waals surface area (Å²) in [4.78, 5) is 13.8. The Labute approximate surface area is 102 Å². The average Bonchev–Trinajstić information content (AvgIpc) is 2.74. The van der Waals surface area contributed by atoms with E-state index in [9.17, 15) is 4.79 Å². The molecule has 0 bridgehead atoms. The second-order valence-corrected chi connectivity index (χ2v) is 4.42. The van der Waals surface area contributed by atoms with Crippen molar-refractivity contribution in [3.8, 4) is 0 Å². The molecular formula is C10H14BrN3O2. The van der Waals surface area contributed by atoms with Crippen LogP contribution in [0, 0.1) is 0 Å². The van der Waals surface area contributed by atoms with Crippen LogP contribution in [0.4, 0.5) is 0 Å². The number of hydrogen-bond acceptors (Lipinski definition) is 4. The highest BCUT2D eigenvalue weighted by molar-refractivity contribution is 9.10. The zero-order valence-corrected chi connectivity index (χ0v) is 10.4. The molecule has 0 aliphatic carbocycles. The number of amides is 1. The highest BCUT2D eigenvalue weighted by Crippen LogP contribution is 2.13. The second kappa shape index (κ2) is 5.47. The van der Waals surface area contributed by atoms with Crippen LogP contribution < -0.4 is 10.6 Å². The Morgan fingerprint density at radius 3 is 2.88 bits per heavy atom. The smallest absolute Gasteiger partial charge is 0.288 e. The van der Waals surface area contributed by atoms with Gasteiger partial charge in [-0.1, -0.05) is 0 Å². The SMILES string of the molecule is O=C(NCN1CCNCC1)c1ccc(Br)o1. The van der Waals surface area contributed by atoms with Crippen LogP contribution in [0.1, 0.15) is 10.6 Å². The monoisotopic (exact) mass is 287 g/mol. The van der Waals surface area contributed by atoms with E-state index < -0.39 is 0 Å². The van der Waals surface area contributed by atoms with Crippen molar-refractivity contribution in [1.82, 2.24) is 15.5 Å². The van der Waals surface area contributed by atoms with Crippen LogP contribution in [0.2, 0.25) is 0 Å². The van der Waals surface area contributed by atoms with Gasteiger partial charge in [0.1, 0.15) is 0 Å². The molecule has 0 saturated carbocycles. The fourth-order valence-corrected chi connectivity index (χ4v) is 1.88. The quantitative estimate of drug-likeness (QED) is 0.857. The molecule has 5 nitrogen and oxygen atoms in total.